The first-order valence-corrected chi connectivity index (χ1v) is 20.3. The lowest BCUT2D eigenvalue weighted by atomic mass is 9.72. The van der Waals surface area contributed by atoms with Crippen molar-refractivity contribution in [3.8, 4) is 11.5 Å². The van der Waals surface area contributed by atoms with Gasteiger partial charge < -0.3 is 38.6 Å². The highest BCUT2D eigenvalue weighted by Gasteiger charge is 2.47. The summed E-state index contributed by atoms with van der Waals surface area (Å²) >= 11 is 0. The number of quaternary nitrogens is 2. The number of ether oxygens (including phenoxy) is 2. The number of aliphatic hydroxyl groups is 2. The van der Waals surface area contributed by atoms with Crippen LogP contribution in [0.15, 0.2) is 60.9 Å². The topological polar surface area (TPSA) is 174 Å². The van der Waals surface area contributed by atoms with Crippen LogP contribution in [0.25, 0.3) is 21.8 Å². The van der Waals surface area contributed by atoms with Gasteiger partial charge in [-0.1, -0.05) is 13.8 Å². The zero-order chi connectivity index (χ0) is 37.9. The zero-order valence-electron chi connectivity index (χ0n) is 31.1. The van der Waals surface area contributed by atoms with E-state index in [2.05, 4.69) is 23.8 Å². The molecule has 0 amide bonds. The number of hydrogen-bond acceptors (Lipinski definition) is 10. The van der Waals surface area contributed by atoms with E-state index in [1.807, 2.05) is 60.9 Å². The Kier molecular flexibility index (Phi) is 12.5. The van der Waals surface area contributed by atoms with Crippen LogP contribution in [0.1, 0.15) is 75.7 Å². The molecule has 0 radical (unpaired) electrons. The monoisotopic (exact) mass is 750 g/mol. The third-order valence-corrected chi connectivity index (χ3v) is 12.6. The van der Waals surface area contributed by atoms with E-state index in [0.717, 1.165) is 80.9 Å². The van der Waals surface area contributed by atoms with Gasteiger partial charge in [0.15, 0.2) is 0 Å². The van der Waals surface area contributed by atoms with E-state index in [1.54, 1.807) is 24.0 Å². The van der Waals surface area contributed by atoms with Crippen molar-refractivity contribution in [2.75, 3.05) is 40.4 Å². The normalized spacial score (nSPS) is 28.7. The van der Waals surface area contributed by atoms with Crippen LogP contribution in [0, 0.1) is 23.7 Å². The molecule has 2 aromatic heterocycles. The molecule has 4 N–H and O–H groups in total. The molecule has 2 unspecified atom stereocenters. The fraction of sp³-hybridized carbons (Fsp3) is 0.550. The molecule has 288 valence electrons. The van der Waals surface area contributed by atoms with Gasteiger partial charge in [-0.3, -0.25) is 18.4 Å². The average molecular weight is 751 g/mol. The summed E-state index contributed by atoms with van der Waals surface area (Å²) in [7, 11) is -1.82. The Morgan fingerprint density at radius 3 is 1.45 bits per heavy atom. The first-order valence-electron chi connectivity index (χ1n) is 19.0. The van der Waals surface area contributed by atoms with Crippen molar-refractivity contribution >= 4 is 32.2 Å². The maximum Gasteiger partial charge on any atom is 0.131 e. The molecule has 8 heterocycles. The van der Waals surface area contributed by atoms with Gasteiger partial charge in [-0.25, -0.2) is 0 Å². The summed E-state index contributed by atoms with van der Waals surface area (Å²) in [4.78, 5) is 12.1. The lowest BCUT2D eigenvalue weighted by Crippen LogP contribution is -3.20. The lowest BCUT2D eigenvalue weighted by Gasteiger charge is -2.48. The Hall–Kier alpha value is -3.43. The number of aromatic nitrogens is 2. The van der Waals surface area contributed by atoms with Crippen LogP contribution >= 0.6 is 0 Å². The third-order valence-electron chi connectivity index (χ3n) is 12.6. The molecule has 4 aromatic rings. The van der Waals surface area contributed by atoms with Crippen molar-refractivity contribution in [1.82, 2.24) is 9.97 Å². The standard InChI is InChI=1S/2C20H26N2O2.H2O4S/c2*1-3-13-12-22-9-7-14(13)10-19(22)20(23)16-6-8-21-18-5-4-15(24-2)11-17(16)18;1-5(2,3)4/h2*4-6,8,11,13-14,19-20,23H,3,7,9-10,12H2,1-2H3;(H2,1,2,3,4)/t2*13-,14-,19+,20-;/m00./s1. The van der Waals surface area contributed by atoms with E-state index in [1.165, 1.54) is 51.9 Å². The van der Waals surface area contributed by atoms with Gasteiger partial charge in [0, 0.05) is 71.1 Å². The van der Waals surface area contributed by atoms with Gasteiger partial charge in [-0.2, -0.15) is 0 Å². The van der Waals surface area contributed by atoms with Crippen LogP contribution in [-0.4, -0.2) is 90.2 Å². The molecular weight excluding hydrogens is 697 g/mol. The fourth-order valence-electron chi connectivity index (χ4n) is 9.86. The summed E-state index contributed by atoms with van der Waals surface area (Å²) in [6.07, 6.45) is 10.2. The van der Waals surface area contributed by atoms with Crippen molar-refractivity contribution < 1.29 is 47.0 Å². The van der Waals surface area contributed by atoms with E-state index in [-0.39, 0.29) is 0 Å². The molecule has 2 aromatic carbocycles. The summed E-state index contributed by atoms with van der Waals surface area (Å²) in [5.74, 6) is 4.88. The Balaban J connectivity index is 0.000000161. The molecule has 13 heteroatoms. The maximum atomic E-state index is 11.2. The second kappa shape index (κ2) is 16.9. The van der Waals surface area contributed by atoms with E-state index in [9.17, 15) is 10.2 Å². The van der Waals surface area contributed by atoms with E-state index in [0.29, 0.717) is 12.1 Å². The number of rotatable bonds is 8. The number of methoxy groups -OCH3 is 2. The summed E-state index contributed by atoms with van der Waals surface area (Å²) in [6, 6.07) is 16.4. The molecule has 0 spiro atoms. The number of aliphatic hydroxyl groups excluding tert-OH is 2. The van der Waals surface area contributed by atoms with E-state index < -0.39 is 22.6 Å². The van der Waals surface area contributed by atoms with Crippen molar-refractivity contribution in [3.63, 3.8) is 0 Å². The van der Waals surface area contributed by atoms with Gasteiger partial charge >= 0.3 is 0 Å². The summed E-state index contributed by atoms with van der Waals surface area (Å²) in [5.41, 5.74) is 3.84. The van der Waals surface area contributed by atoms with Crippen molar-refractivity contribution in [3.05, 3.63) is 72.1 Å². The van der Waals surface area contributed by atoms with Gasteiger partial charge in [0.1, 0.15) is 35.8 Å². The quantitative estimate of drug-likeness (QED) is 0.155. The number of piperidine rings is 6. The maximum absolute atomic E-state index is 11.2. The van der Waals surface area contributed by atoms with Crippen LogP contribution in [0.5, 0.6) is 11.5 Å². The van der Waals surface area contributed by atoms with Gasteiger partial charge in [-0.15, -0.1) is 0 Å². The highest BCUT2D eigenvalue weighted by molar-refractivity contribution is 7.79. The van der Waals surface area contributed by atoms with Crippen molar-refractivity contribution in [1.29, 1.82) is 0 Å². The number of fused-ring (bicyclic) bond motifs is 8. The van der Waals surface area contributed by atoms with Crippen LogP contribution in [0.4, 0.5) is 0 Å². The fourth-order valence-corrected chi connectivity index (χ4v) is 9.86. The summed E-state index contributed by atoms with van der Waals surface area (Å²) in [5, 5.41) is 24.4. The minimum Gasteiger partial charge on any atom is -0.759 e. The minimum absolute atomic E-state index is 0.309. The van der Waals surface area contributed by atoms with Crippen LogP contribution < -0.4 is 19.3 Å². The second-order valence-corrected chi connectivity index (χ2v) is 16.0. The van der Waals surface area contributed by atoms with E-state index in [4.69, 9.17) is 27.0 Å². The molecule has 10 rings (SSSR count). The Morgan fingerprint density at radius 1 is 0.736 bits per heavy atom. The predicted octanol–water partition coefficient (Wildman–Crippen LogP) is 2.62. The molecule has 10 atom stereocenters. The highest BCUT2D eigenvalue weighted by atomic mass is 32.3. The molecule has 12 nitrogen and oxygen atoms in total. The molecular formula is C40H54N4O8S. The highest BCUT2D eigenvalue weighted by Crippen LogP contribution is 2.37. The van der Waals surface area contributed by atoms with Gasteiger partial charge in [-0.05, 0) is 84.3 Å². The Bertz CT molecular complexity index is 1830. The largest absolute Gasteiger partial charge is 0.759 e. The molecule has 4 bridgehead atoms. The molecule has 6 aliphatic heterocycles. The SMILES string of the molecule is CC[C@H]1C[NH+]2CC[C@H]1C[C@@H]2[C@@H](O)c1ccnc2ccc(OC)cc12.CC[C@H]1C[NH+]2CC[C@H]1C[C@@H]2[C@@H](O)c1ccnc2ccc(OC)cc12.O=S(=O)([O-])[O-]. The first kappa shape index (κ1) is 39.3. The van der Waals surface area contributed by atoms with Crippen LogP contribution in [-0.2, 0) is 10.4 Å². The number of benzene rings is 2. The van der Waals surface area contributed by atoms with Crippen LogP contribution in [0.2, 0.25) is 0 Å². The molecule has 6 fully saturated rings. The molecule has 0 saturated carbocycles. The molecule has 53 heavy (non-hydrogen) atoms. The number of hydrogen-bond donors (Lipinski definition) is 4. The molecule has 6 saturated heterocycles. The predicted molar refractivity (Wildman–Crippen MR) is 199 cm³/mol. The van der Waals surface area contributed by atoms with Gasteiger partial charge in [0.25, 0.3) is 0 Å². The lowest BCUT2D eigenvalue weighted by molar-refractivity contribution is -0.951. The van der Waals surface area contributed by atoms with Gasteiger partial charge in [0.2, 0.25) is 0 Å². The van der Waals surface area contributed by atoms with Crippen molar-refractivity contribution in [2.24, 2.45) is 23.7 Å². The van der Waals surface area contributed by atoms with Crippen molar-refractivity contribution in [2.45, 2.75) is 76.7 Å². The smallest absolute Gasteiger partial charge is 0.131 e. The summed E-state index contributed by atoms with van der Waals surface area (Å²) in [6.45, 7) is 9.45. The third kappa shape index (κ3) is 8.94. The first-order chi connectivity index (χ1) is 25.4. The number of nitrogens with one attached hydrogen (secondary N) is 2. The Labute approximate surface area is 312 Å². The van der Waals surface area contributed by atoms with E-state index >= 15 is 0 Å². The minimum atomic E-state index is -5.17. The average Bonchev–Trinajstić information content (AvgIpc) is 3.19. The Morgan fingerprint density at radius 2 is 1.13 bits per heavy atom. The second-order valence-electron chi connectivity index (χ2n) is 15.2. The molecule has 0 aliphatic carbocycles. The van der Waals surface area contributed by atoms with Crippen LogP contribution in [0.3, 0.4) is 0 Å². The zero-order valence-corrected chi connectivity index (χ0v) is 31.9. The van der Waals surface area contributed by atoms with Gasteiger partial charge in [0.05, 0.1) is 51.4 Å². The number of nitrogens with zero attached hydrogens (tertiary/aromatic N) is 2. The molecule has 6 aliphatic rings. The number of pyridine rings is 2. The summed E-state index contributed by atoms with van der Waals surface area (Å²) < 4.78 is 44.8.